The molecule has 1 heterocycles. The third-order valence-corrected chi connectivity index (χ3v) is 3.11. The Morgan fingerprint density at radius 3 is 2.95 bits per heavy atom. The number of fused-ring (bicyclic) bond motifs is 1. The van der Waals surface area contributed by atoms with Crippen LogP contribution < -0.4 is 16.2 Å². The van der Waals surface area contributed by atoms with E-state index in [2.05, 4.69) is 21.3 Å². The minimum atomic E-state index is -0.261. The first-order chi connectivity index (χ1) is 10.6. The van der Waals surface area contributed by atoms with E-state index >= 15 is 0 Å². The Kier molecular flexibility index (Phi) is 5.68. The van der Waals surface area contributed by atoms with Gasteiger partial charge < -0.3 is 14.6 Å². The van der Waals surface area contributed by atoms with Gasteiger partial charge in [0.2, 0.25) is 5.91 Å². The van der Waals surface area contributed by atoms with Crippen LogP contribution in [0.3, 0.4) is 0 Å². The van der Waals surface area contributed by atoms with Crippen LogP contribution in [-0.2, 0) is 16.0 Å². The average Bonchev–Trinajstić information content (AvgIpc) is 2.89. The van der Waals surface area contributed by atoms with Gasteiger partial charge in [0, 0.05) is 18.5 Å². The molecule has 1 atom stereocenters. The molecule has 1 aromatic carbocycles. The maximum Gasteiger partial charge on any atom is 0.244 e. The van der Waals surface area contributed by atoms with E-state index in [1.807, 2.05) is 25.1 Å². The van der Waals surface area contributed by atoms with Gasteiger partial charge in [-0.2, -0.15) is 0 Å². The zero-order chi connectivity index (χ0) is 15.9. The van der Waals surface area contributed by atoms with Gasteiger partial charge in [-0.15, -0.1) is 0 Å². The van der Waals surface area contributed by atoms with Crippen molar-refractivity contribution >= 4 is 34.2 Å². The second-order valence-electron chi connectivity index (χ2n) is 4.81. The third-order valence-electron chi connectivity index (χ3n) is 2.89. The summed E-state index contributed by atoms with van der Waals surface area (Å²) >= 11 is 5.06. The van der Waals surface area contributed by atoms with Gasteiger partial charge in [0.15, 0.2) is 10.7 Å². The number of nitrogens with one attached hydrogen (secondary N) is 3. The first kappa shape index (κ1) is 16.2. The van der Waals surface area contributed by atoms with Crippen molar-refractivity contribution < 1.29 is 14.1 Å². The summed E-state index contributed by atoms with van der Waals surface area (Å²) in [5.41, 5.74) is 6.40. The molecule has 0 unspecified atom stereocenters. The van der Waals surface area contributed by atoms with Gasteiger partial charge in [-0.1, -0.05) is 17.3 Å². The van der Waals surface area contributed by atoms with Gasteiger partial charge in [0.25, 0.3) is 0 Å². The lowest BCUT2D eigenvalue weighted by atomic mass is 10.2. The molecule has 0 fully saturated rings. The monoisotopic (exact) mass is 322 g/mol. The Bertz CT molecular complexity index is 658. The lowest BCUT2D eigenvalue weighted by Gasteiger charge is -2.16. The highest BCUT2D eigenvalue weighted by atomic mass is 32.1. The molecule has 0 spiro atoms. The molecular weight excluding hydrogens is 304 g/mol. The summed E-state index contributed by atoms with van der Waals surface area (Å²) in [4.78, 5) is 11.9. The van der Waals surface area contributed by atoms with Crippen molar-refractivity contribution in [3.8, 4) is 0 Å². The summed E-state index contributed by atoms with van der Waals surface area (Å²) in [5, 5.41) is 8.03. The molecule has 0 aliphatic carbocycles. The number of hydrogen-bond acceptors (Lipinski definition) is 5. The number of amides is 1. The van der Waals surface area contributed by atoms with Gasteiger partial charge in [-0.05, 0) is 31.3 Å². The summed E-state index contributed by atoms with van der Waals surface area (Å²) in [7, 11) is 1.61. The molecule has 1 amide bonds. The Hall–Kier alpha value is -2.19. The molecule has 0 bridgehead atoms. The molecule has 7 nitrogen and oxygen atoms in total. The van der Waals surface area contributed by atoms with E-state index in [4.69, 9.17) is 21.5 Å². The number of thiocarbonyl (C=S) groups is 1. The molecule has 2 aromatic rings. The summed E-state index contributed by atoms with van der Waals surface area (Å²) in [6.45, 7) is 2.43. The van der Waals surface area contributed by atoms with E-state index in [1.165, 1.54) is 0 Å². The van der Waals surface area contributed by atoms with E-state index < -0.39 is 0 Å². The van der Waals surface area contributed by atoms with Crippen LogP contribution in [0.25, 0.3) is 11.0 Å². The van der Waals surface area contributed by atoms with Crippen LogP contribution in [0, 0.1) is 0 Å². The lowest BCUT2D eigenvalue weighted by molar-refractivity contribution is -0.121. The number of nitrogens with zero attached hydrogens (tertiary/aromatic N) is 1. The topological polar surface area (TPSA) is 88.4 Å². The van der Waals surface area contributed by atoms with Crippen molar-refractivity contribution in [2.75, 3.05) is 13.7 Å². The number of ether oxygens (including phenoxy) is 1. The lowest BCUT2D eigenvalue weighted by Crippen LogP contribution is -2.50. The minimum Gasteiger partial charge on any atom is -0.383 e. The van der Waals surface area contributed by atoms with Crippen LogP contribution >= 0.6 is 12.2 Å². The van der Waals surface area contributed by atoms with Crippen LogP contribution in [0.2, 0.25) is 0 Å². The Morgan fingerprint density at radius 2 is 2.18 bits per heavy atom. The number of rotatable bonds is 5. The van der Waals surface area contributed by atoms with Crippen molar-refractivity contribution in [1.82, 2.24) is 21.3 Å². The summed E-state index contributed by atoms with van der Waals surface area (Å²) in [6.07, 6.45) is 0.0975. The molecule has 0 saturated heterocycles. The van der Waals surface area contributed by atoms with E-state index in [0.29, 0.717) is 23.0 Å². The van der Waals surface area contributed by atoms with Crippen LogP contribution in [0.1, 0.15) is 12.6 Å². The second-order valence-corrected chi connectivity index (χ2v) is 5.21. The van der Waals surface area contributed by atoms with E-state index in [1.54, 1.807) is 13.2 Å². The molecule has 3 N–H and O–H groups in total. The quantitative estimate of drug-likeness (QED) is 0.557. The van der Waals surface area contributed by atoms with Gasteiger partial charge in [0.1, 0.15) is 5.69 Å². The van der Waals surface area contributed by atoms with Crippen LogP contribution in [0.4, 0.5) is 0 Å². The second kappa shape index (κ2) is 7.71. The highest BCUT2D eigenvalue weighted by molar-refractivity contribution is 7.80. The van der Waals surface area contributed by atoms with Gasteiger partial charge in [0.05, 0.1) is 13.0 Å². The predicted molar refractivity (Wildman–Crippen MR) is 86.1 cm³/mol. The van der Waals surface area contributed by atoms with Crippen molar-refractivity contribution in [1.29, 1.82) is 0 Å². The zero-order valence-electron chi connectivity index (χ0n) is 12.4. The molecule has 0 radical (unpaired) electrons. The standard InChI is InChI=1S/C14H18N4O3S/c1-9(8-20-2)15-14(22)17-16-13(19)7-11-10-5-3-4-6-12(10)21-18-11/h3-6,9H,7-8H2,1-2H3,(H,16,19)(H2,15,17,22)/t9-/m0/s1. The van der Waals surface area contributed by atoms with Crippen molar-refractivity contribution in [2.24, 2.45) is 0 Å². The summed E-state index contributed by atoms with van der Waals surface area (Å²) in [5.74, 6) is -0.261. The van der Waals surface area contributed by atoms with Gasteiger partial charge in [-0.25, -0.2) is 0 Å². The van der Waals surface area contributed by atoms with Gasteiger partial charge in [-0.3, -0.25) is 15.6 Å². The van der Waals surface area contributed by atoms with Crippen molar-refractivity contribution in [2.45, 2.75) is 19.4 Å². The first-order valence-corrected chi connectivity index (χ1v) is 7.18. The zero-order valence-corrected chi connectivity index (χ0v) is 13.2. The van der Waals surface area contributed by atoms with Crippen LogP contribution in [-0.4, -0.2) is 35.9 Å². The van der Waals surface area contributed by atoms with Crippen molar-refractivity contribution in [3.05, 3.63) is 30.0 Å². The van der Waals surface area contributed by atoms with Gasteiger partial charge >= 0.3 is 0 Å². The maximum atomic E-state index is 11.9. The number of benzene rings is 1. The summed E-state index contributed by atoms with van der Waals surface area (Å²) in [6, 6.07) is 7.43. The normalized spacial score (nSPS) is 11.9. The molecule has 0 aliphatic heterocycles. The molecule has 2 rings (SSSR count). The number of hydrazine groups is 1. The van der Waals surface area contributed by atoms with Crippen molar-refractivity contribution in [3.63, 3.8) is 0 Å². The molecule has 0 saturated carbocycles. The average molecular weight is 322 g/mol. The Balaban J connectivity index is 1.82. The Labute approximate surface area is 133 Å². The van der Waals surface area contributed by atoms with Crippen LogP contribution in [0.15, 0.2) is 28.8 Å². The number of carbonyl (C=O) groups is 1. The minimum absolute atomic E-state index is 0.0430. The Morgan fingerprint density at radius 1 is 1.41 bits per heavy atom. The molecular formula is C14H18N4O3S. The largest absolute Gasteiger partial charge is 0.383 e. The summed E-state index contributed by atoms with van der Waals surface area (Å²) < 4.78 is 10.1. The molecule has 0 aliphatic rings. The number of hydrogen-bond donors (Lipinski definition) is 3. The fraction of sp³-hybridized carbons (Fsp3) is 0.357. The smallest absolute Gasteiger partial charge is 0.244 e. The SMILES string of the molecule is COC[C@H](C)NC(=S)NNC(=O)Cc1noc2ccccc12. The van der Waals surface area contributed by atoms with E-state index in [9.17, 15) is 4.79 Å². The molecule has 118 valence electrons. The third kappa shape index (κ3) is 4.40. The predicted octanol–water partition coefficient (Wildman–Crippen LogP) is 0.901. The molecule has 8 heteroatoms. The highest BCUT2D eigenvalue weighted by Gasteiger charge is 2.12. The molecule has 1 aromatic heterocycles. The fourth-order valence-electron chi connectivity index (χ4n) is 1.94. The molecule has 22 heavy (non-hydrogen) atoms. The fourth-order valence-corrected chi connectivity index (χ4v) is 2.19. The van der Waals surface area contributed by atoms with E-state index in [0.717, 1.165) is 5.39 Å². The number of methoxy groups -OCH3 is 1. The number of aromatic nitrogens is 1. The number of carbonyl (C=O) groups excluding carboxylic acids is 1. The highest BCUT2D eigenvalue weighted by Crippen LogP contribution is 2.17. The number of para-hydroxylation sites is 1. The first-order valence-electron chi connectivity index (χ1n) is 6.77. The maximum absolute atomic E-state index is 11.9. The van der Waals surface area contributed by atoms with E-state index in [-0.39, 0.29) is 18.4 Å². The van der Waals surface area contributed by atoms with Crippen LogP contribution in [0.5, 0.6) is 0 Å².